The van der Waals surface area contributed by atoms with Gasteiger partial charge in [0.25, 0.3) is 0 Å². The zero-order chi connectivity index (χ0) is 12.5. The zero-order valence-corrected chi connectivity index (χ0v) is 12.0. The van der Waals surface area contributed by atoms with Gasteiger partial charge < -0.3 is 5.32 Å². The van der Waals surface area contributed by atoms with Gasteiger partial charge in [-0.3, -0.25) is 4.31 Å². The Kier molecular flexibility index (Phi) is 3.75. The van der Waals surface area contributed by atoms with Crippen LogP contribution >= 0.6 is 15.9 Å². The molecule has 0 saturated carbocycles. The molecule has 6 heteroatoms. The van der Waals surface area contributed by atoms with E-state index in [-0.39, 0.29) is 11.8 Å². The van der Waals surface area contributed by atoms with Gasteiger partial charge in [0.1, 0.15) is 0 Å². The van der Waals surface area contributed by atoms with Crippen LogP contribution in [-0.4, -0.2) is 33.3 Å². The normalized spacial score (nSPS) is 24.4. The van der Waals surface area contributed by atoms with E-state index >= 15 is 0 Å². The van der Waals surface area contributed by atoms with Crippen LogP contribution in [0.25, 0.3) is 0 Å². The Labute approximate surface area is 110 Å². The lowest BCUT2D eigenvalue weighted by Crippen LogP contribution is -2.37. The molecule has 94 valence electrons. The van der Waals surface area contributed by atoms with E-state index in [0.717, 1.165) is 10.2 Å². The van der Waals surface area contributed by atoms with Crippen molar-refractivity contribution in [2.45, 2.75) is 13.0 Å². The highest BCUT2D eigenvalue weighted by Gasteiger charge is 2.27. The second-order valence-electron chi connectivity index (χ2n) is 4.18. The zero-order valence-electron chi connectivity index (χ0n) is 9.56. The van der Waals surface area contributed by atoms with E-state index in [4.69, 9.17) is 0 Å². The largest absolute Gasteiger partial charge is 0.311 e. The summed E-state index contributed by atoms with van der Waals surface area (Å²) in [4.78, 5) is 0. The number of nitrogens with one attached hydrogen (secondary N) is 1. The van der Waals surface area contributed by atoms with Crippen molar-refractivity contribution in [1.29, 1.82) is 0 Å². The first-order valence-corrected chi connectivity index (χ1v) is 7.88. The van der Waals surface area contributed by atoms with Crippen LogP contribution in [0.1, 0.15) is 6.92 Å². The van der Waals surface area contributed by atoms with Gasteiger partial charge in [0.15, 0.2) is 0 Å². The summed E-state index contributed by atoms with van der Waals surface area (Å²) in [7, 11) is -3.21. The van der Waals surface area contributed by atoms with Gasteiger partial charge in [-0.25, -0.2) is 8.42 Å². The van der Waals surface area contributed by atoms with Gasteiger partial charge in [-0.05, 0) is 25.1 Å². The van der Waals surface area contributed by atoms with Crippen LogP contribution < -0.4 is 9.62 Å². The molecule has 2 rings (SSSR count). The highest BCUT2D eigenvalue weighted by molar-refractivity contribution is 9.10. The van der Waals surface area contributed by atoms with Crippen molar-refractivity contribution in [3.8, 4) is 0 Å². The molecular weight excluding hydrogens is 304 g/mol. The molecule has 17 heavy (non-hydrogen) atoms. The molecule has 1 N–H and O–H groups in total. The number of anilines is 1. The molecule has 1 aromatic carbocycles. The number of halogens is 1. The van der Waals surface area contributed by atoms with Crippen molar-refractivity contribution in [3.63, 3.8) is 0 Å². The highest BCUT2D eigenvalue weighted by Crippen LogP contribution is 2.23. The number of hydrogen-bond donors (Lipinski definition) is 1. The van der Waals surface area contributed by atoms with E-state index < -0.39 is 10.0 Å². The fraction of sp³-hybridized carbons (Fsp3) is 0.455. The van der Waals surface area contributed by atoms with Crippen LogP contribution in [0.15, 0.2) is 28.7 Å². The van der Waals surface area contributed by atoms with E-state index in [9.17, 15) is 8.42 Å². The van der Waals surface area contributed by atoms with Gasteiger partial charge in [-0.1, -0.05) is 22.0 Å². The van der Waals surface area contributed by atoms with Gasteiger partial charge >= 0.3 is 0 Å². The van der Waals surface area contributed by atoms with Crippen LogP contribution in [0.4, 0.5) is 5.69 Å². The minimum atomic E-state index is -3.21. The molecule has 0 aliphatic carbocycles. The number of sulfonamides is 1. The predicted octanol–water partition coefficient (Wildman–Crippen LogP) is 1.58. The highest BCUT2D eigenvalue weighted by atomic mass is 79.9. The number of nitrogens with zero attached hydrogens (tertiary/aromatic N) is 1. The molecule has 1 aliphatic rings. The van der Waals surface area contributed by atoms with Crippen molar-refractivity contribution < 1.29 is 8.42 Å². The third-order valence-electron chi connectivity index (χ3n) is 2.72. The Hall–Kier alpha value is -0.590. The smallest absolute Gasteiger partial charge is 0.236 e. The van der Waals surface area contributed by atoms with E-state index in [2.05, 4.69) is 21.2 Å². The molecule has 0 radical (unpaired) electrons. The summed E-state index contributed by atoms with van der Waals surface area (Å²) < 4.78 is 26.6. The average molecular weight is 319 g/mol. The summed E-state index contributed by atoms with van der Waals surface area (Å²) in [5.74, 6) is 0.143. The molecule has 1 fully saturated rings. The number of hydrogen-bond acceptors (Lipinski definition) is 3. The van der Waals surface area contributed by atoms with E-state index in [1.54, 1.807) is 0 Å². The lowest BCUT2D eigenvalue weighted by atomic mass is 10.3. The van der Waals surface area contributed by atoms with Crippen molar-refractivity contribution in [3.05, 3.63) is 28.7 Å². The van der Waals surface area contributed by atoms with Crippen molar-refractivity contribution in [2.75, 3.05) is 23.1 Å². The minimum absolute atomic E-state index is 0.143. The molecule has 1 unspecified atom stereocenters. The van der Waals surface area contributed by atoms with Gasteiger partial charge in [0, 0.05) is 23.6 Å². The first kappa shape index (κ1) is 12.9. The van der Waals surface area contributed by atoms with Crippen molar-refractivity contribution in [2.24, 2.45) is 0 Å². The third-order valence-corrected chi connectivity index (χ3v) is 4.97. The summed E-state index contributed by atoms with van der Waals surface area (Å²) in [5.41, 5.74) is 0.718. The maximum absolute atomic E-state index is 12.1. The Bertz CT molecular complexity index is 504. The van der Waals surface area contributed by atoms with Gasteiger partial charge in [-0.2, -0.15) is 0 Å². The van der Waals surface area contributed by atoms with E-state index in [1.807, 2.05) is 31.2 Å². The molecule has 0 aromatic heterocycles. The summed E-state index contributed by atoms with van der Waals surface area (Å²) >= 11 is 3.36. The Morgan fingerprint density at radius 1 is 1.47 bits per heavy atom. The third kappa shape index (κ3) is 3.00. The van der Waals surface area contributed by atoms with E-state index in [0.29, 0.717) is 13.1 Å². The predicted molar refractivity (Wildman–Crippen MR) is 72.7 cm³/mol. The summed E-state index contributed by atoms with van der Waals surface area (Å²) in [6, 6.07) is 7.54. The molecule has 1 aromatic rings. The van der Waals surface area contributed by atoms with Crippen LogP contribution in [0.3, 0.4) is 0 Å². The second kappa shape index (κ2) is 4.96. The molecule has 1 heterocycles. The fourth-order valence-corrected chi connectivity index (χ4v) is 3.74. The summed E-state index contributed by atoms with van der Waals surface area (Å²) in [6.07, 6.45) is 0. The lowest BCUT2D eigenvalue weighted by molar-refractivity contribution is 0.587. The second-order valence-corrected chi connectivity index (χ2v) is 7.11. The quantitative estimate of drug-likeness (QED) is 0.855. The van der Waals surface area contributed by atoms with Crippen molar-refractivity contribution >= 4 is 31.6 Å². The van der Waals surface area contributed by atoms with Crippen LogP contribution in [0.5, 0.6) is 0 Å². The Balaban J connectivity index is 2.39. The lowest BCUT2D eigenvalue weighted by Gasteiger charge is -2.24. The fourth-order valence-electron chi connectivity index (χ4n) is 1.87. The molecule has 4 nitrogen and oxygen atoms in total. The minimum Gasteiger partial charge on any atom is -0.311 e. The van der Waals surface area contributed by atoms with Crippen LogP contribution in [-0.2, 0) is 10.0 Å². The Morgan fingerprint density at radius 2 is 2.24 bits per heavy atom. The average Bonchev–Trinajstić information content (AvgIpc) is 2.37. The molecule has 0 spiro atoms. The Morgan fingerprint density at radius 3 is 2.94 bits per heavy atom. The molecular formula is C11H15BrN2O2S. The summed E-state index contributed by atoms with van der Waals surface area (Å²) in [5, 5.41) is 3.18. The monoisotopic (exact) mass is 318 g/mol. The SMILES string of the molecule is CC1CN(c2cccc(Br)c2)S(=O)(=O)CCN1. The van der Waals surface area contributed by atoms with Gasteiger partial charge in [0.2, 0.25) is 10.0 Å². The van der Waals surface area contributed by atoms with Gasteiger partial charge in [0.05, 0.1) is 11.4 Å². The van der Waals surface area contributed by atoms with Gasteiger partial charge in [-0.15, -0.1) is 0 Å². The maximum atomic E-state index is 12.1. The topological polar surface area (TPSA) is 49.4 Å². The first-order valence-electron chi connectivity index (χ1n) is 5.48. The molecule has 0 bridgehead atoms. The summed E-state index contributed by atoms with van der Waals surface area (Å²) in [6.45, 7) is 2.97. The van der Waals surface area contributed by atoms with Crippen molar-refractivity contribution in [1.82, 2.24) is 5.32 Å². The molecule has 1 atom stereocenters. The van der Waals surface area contributed by atoms with Crippen LogP contribution in [0.2, 0.25) is 0 Å². The number of rotatable bonds is 1. The molecule has 0 amide bonds. The standard InChI is InChI=1S/C11H15BrN2O2S/c1-9-8-14(17(15,16)6-5-13-9)11-4-2-3-10(12)7-11/h2-4,7,9,13H,5-6,8H2,1H3. The van der Waals surface area contributed by atoms with Crippen LogP contribution in [0, 0.1) is 0 Å². The molecule has 1 aliphatic heterocycles. The number of benzene rings is 1. The molecule has 1 saturated heterocycles. The van der Waals surface area contributed by atoms with E-state index in [1.165, 1.54) is 4.31 Å². The first-order chi connectivity index (χ1) is 7.99. The maximum Gasteiger partial charge on any atom is 0.236 e.